The van der Waals surface area contributed by atoms with Crippen molar-refractivity contribution >= 4 is 21.7 Å². The number of aliphatic carboxylic acids is 1. The smallest absolute Gasteiger partial charge is 0.326 e. The lowest BCUT2D eigenvalue weighted by molar-refractivity contribution is -0.139. The van der Waals surface area contributed by atoms with Crippen LogP contribution in [0.2, 0.25) is 0 Å². The Morgan fingerprint density at radius 1 is 1.40 bits per heavy atom. The number of rotatable bonds is 7. The number of sulfone groups is 1. The highest BCUT2D eigenvalue weighted by Gasteiger charge is 2.23. The second kappa shape index (κ2) is 6.94. The van der Waals surface area contributed by atoms with E-state index < -0.39 is 27.8 Å². The Bertz CT molecular complexity index is 573. The molecule has 0 radical (unpaired) electrons. The number of carboxylic acid groups (broad SMARTS) is 1. The van der Waals surface area contributed by atoms with Crippen molar-refractivity contribution in [1.29, 1.82) is 0 Å². The second-order valence-electron chi connectivity index (χ2n) is 3.98. The molecule has 0 saturated heterocycles. The van der Waals surface area contributed by atoms with Crippen molar-refractivity contribution in [2.24, 2.45) is 0 Å². The minimum atomic E-state index is -3.29. The van der Waals surface area contributed by atoms with E-state index in [2.05, 4.69) is 15.3 Å². The molecule has 110 valence electrons. The molecule has 0 aliphatic rings. The van der Waals surface area contributed by atoms with Gasteiger partial charge in [0.1, 0.15) is 21.6 Å². The Morgan fingerprint density at radius 2 is 2.10 bits per heavy atom. The zero-order valence-electron chi connectivity index (χ0n) is 10.8. The summed E-state index contributed by atoms with van der Waals surface area (Å²) in [7, 11) is -3.29. The van der Waals surface area contributed by atoms with Crippen molar-refractivity contribution in [3.05, 3.63) is 24.3 Å². The van der Waals surface area contributed by atoms with Crippen LogP contribution in [-0.4, -0.2) is 52.9 Å². The van der Waals surface area contributed by atoms with E-state index in [1.807, 2.05) is 0 Å². The summed E-state index contributed by atoms with van der Waals surface area (Å²) in [4.78, 5) is 30.2. The predicted octanol–water partition coefficient (Wildman–Crippen LogP) is -0.516. The van der Waals surface area contributed by atoms with Gasteiger partial charge in [0.15, 0.2) is 0 Å². The Morgan fingerprint density at radius 3 is 2.60 bits per heavy atom. The lowest BCUT2D eigenvalue weighted by Gasteiger charge is -2.13. The number of nitrogens with one attached hydrogen (secondary N) is 1. The Labute approximate surface area is 116 Å². The van der Waals surface area contributed by atoms with E-state index in [1.165, 1.54) is 25.5 Å². The SMILES string of the molecule is CCS(=O)(=O)CCC(NC(=O)c1cnccn1)C(=O)O. The largest absolute Gasteiger partial charge is 0.480 e. The van der Waals surface area contributed by atoms with Gasteiger partial charge in [-0.15, -0.1) is 0 Å². The fraction of sp³-hybridized carbons (Fsp3) is 0.455. The highest BCUT2D eigenvalue weighted by atomic mass is 32.2. The third-order valence-electron chi connectivity index (χ3n) is 2.56. The molecule has 0 bridgehead atoms. The molecule has 1 unspecified atom stereocenters. The molecule has 0 spiro atoms. The van der Waals surface area contributed by atoms with E-state index in [0.29, 0.717) is 0 Å². The normalized spacial score (nSPS) is 12.7. The first kappa shape index (κ1) is 16.0. The van der Waals surface area contributed by atoms with Crippen LogP contribution in [0.15, 0.2) is 18.6 Å². The summed E-state index contributed by atoms with van der Waals surface area (Å²) < 4.78 is 22.7. The minimum absolute atomic E-state index is 0.0305. The van der Waals surface area contributed by atoms with Crippen LogP contribution < -0.4 is 5.32 Å². The van der Waals surface area contributed by atoms with Gasteiger partial charge in [-0.2, -0.15) is 0 Å². The Hall–Kier alpha value is -2.03. The van der Waals surface area contributed by atoms with E-state index in [1.54, 1.807) is 0 Å². The molecule has 0 aliphatic heterocycles. The van der Waals surface area contributed by atoms with Crippen molar-refractivity contribution in [2.75, 3.05) is 11.5 Å². The van der Waals surface area contributed by atoms with Gasteiger partial charge >= 0.3 is 5.97 Å². The molecule has 1 amide bonds. The van der Waals surface area contributed by atoms with Crippen molar-refractivity contribution in [2.45, 2.75) is 19.4 Å². The van der Waals surface area contributed by atoms with Crippen LogP contribution in [0.1, 0.15) is 23.8 Å². The monoisotopic (exact) mass is 301 g/mol. The number of carbonyl (C=O) groups is 2. The molecule has 1 aromatic heterocycles. The van der Waals surface area contributed by atoms with Crippen LogP contribution in [0, 0.1) is 0 Å². The van der Waals surface area contributed by atoms with Crippen molar-refractivity contribution in [1.82, 2.24) is 15.3 Å². The van der Waals surface area contributed by atoms with Gasteiger partial charge in [0.05, 0.1) is 11.9 Å². The van der Waals surface area contributed by atoms with Crippen molar-refractivity contribution in [3.63, 3.8) is 0 Å². The first-order chi connectivity index (χ1) is 9.35. The Balaban J connectivity index is 2.69. The first-order valence-corrected chi connectivity index (χ1v) is 7.68. The van der Waals surface area contributed by atoms with Crippen LogP contribution in [0.25, 0.3) is 0 Å². The quantitative estimate of drug-likeness (QED) is 0.694. The van der Waals surface area contributed by atoms with Crippen LogP contribution >= 0.6 is 0 Å². The van der Waals surface area contributed by atoms with Gasteiger partial charge in [-0.3, -0.25) is 9.78 Å². The molecule has 1 heterocycles. The maximum atomic E-state index is 11.7. The third kappa shape index (κ3) is 4.92. The number of hydrogen-bond donors (Lipinski definition) is 2. The summed E-state index contributed by atoms with van der Waals surface area (Å²) in [6, 6.07) is -1.29. The van der Waals surface area contributed by atoms with Gasteiger partial charge in [-0.25, -0.2) is 18.2 Å². The van der Waals surface area contributed by atoms with E-state index in [4.69, 9.17) is 5.11 Å². The van der Waals surface area contributed by atoms with Crippen molar-refractivity contribution < 1.29 is 23.1 Å². The minimum Gasteiger partial charge on any atom is -0.480 e. The second-order valence-corrected chi connectivity index (χ2v) is 6.45. The van der Waals surface area contributed by atoms with Crippen molar-refractivity contribution in [3.8, 4) is 0 Å². The lowest BCUT2D eigenvalue weighted by atomic mass is 10.2. The number of nitrogens with zero attached hydrogens (tertiary/aromatic N) is 2. The van der Waals surface area contributed by atoms with Crippen LogP contribution in [0.3, 0.4) is 0 Å². The first-order valence-electron chi connectivity index (χ1n) is 5.86. The average Bonchev–Trinajstić information content (AvgIpc) is 2.43. The van der Waals surface area contributed by atoms with Crippen LogP contribution in [-0.2, 0) is 14.6 Å². The Kier molecular flexibility index (Phi) is 5.56. The van der Waals surface area contributed by atoms with E-state index in [9.17, 15) is 18.0 Å². The molecule has 2 N–H and O–H groups in total. The molecule has 1 aromatic rings. The number of carbonyl (C=O) groups excluding carboxylic acids is 1. The topological polar surface area (TPSA) is 126 Å². The van der Waals surface area contributed by atoms with Gasteiger partial charge in [0, 0.05) is 18.1 Å². The molecule has 9 heteroatoms. The van der Waals surface area contributed by atoms with Crippen LogP contribution in [0.4, 0.5) is 0 Å². The summed E-state index contributed by atoms with van der Waals surface area (Å²) in [5, 5.41) is 11.2. The summed E-state index contributed by atoms with van der Waals surface area (Å²) in [6.45, 7) is 1.48. The lowest BCUT2D eigenvalue weighted by Crippen LogP contribution is -2.42. The third-order valence-corrected chi connectivity index (χ3v) is 4.29. The molecule has 0 aliphatic carbocycles. The molecule has 20 heavy (non-hydrogen) atoms. The summed E-state index contributed by atoms with van der Waals surface area (Å²) in [6.07, 6.45) is 3.67. The standard InChI is InChI=1S/C11H15N3O5S/c1-2-20(18,19)6-3-8(11(16)17)14-10(15)9-7-12-4-5-13-9/h4-5,7-8H,2-3,6H2,1H3,(H,14,15)(H,16,17). The van der Waals surface area contributed by atoms with Gasteiger partial charge in [0.2, 0.25) is 0 Å². The molecule has 8 nitrogen and oxygen atoms in total. The molecular formula is C11H15N3O5S. The number of hydrogen-bond acceptors (Lipinski definition) is 6. The van der Waals surface area contributed by atoms with Gasteiger partial charge < -0.3 is 10.4 Å². The zero-order chi connectivity index (χ0) is 15.2. The zero-order valence-corrected chi connectivity index (χ0v) is 11.6. The fourth-order valence-electron chi connectivity index (χ4n) is 1.35. The van der Waals surface area contributed by atoms with E-state index in [0.717, 1.165) is 0 Å². The summed E-state index contributed by atoms with van der Waals surface area (Å²) in [5.74, 6) is -2.38. The highest BCUT2D eigenvalue weighted by molar-refractivity contribution is 7.91. The highest BCUT2D eigenvalue weighted by Crippen LogP contribution is 2.01. The molecule has 0 aromatic carbocycles. The molecule has 0 fully saturated rings. The van der Waals surface area contributed by atoms with Gasteiger partial charge in [0.25, 0.3) is 5.91 Å². The maximum Gasteiger partial charge on any atom is 0.326 e. The van der Waals surface area contributed by atoms with Gasteiger partial charge in [-0.05, 0) is 6.42 Å². The summed E-state index contributed by atoms with van der Waals surface area (Å²) >= 11 is 0. The fourth-order valence-corrected chi connectivity index (χ4v) is 2.23. The molecule has 1 atom stereocenters. The number of carboxylic acids is 1. The molecule has 1 rings (SSSR count). The molecule has 0 saturated carbocycles. The van der Waals surface area contributed by atoms with E-state index in [-0.39, 0.29) is 23.6 Å². The number of aromatic nitrogens is 2. The summed E-state index contributed by atoms with van der Waals surface area (Å²) in [5.41, 5.74) is -0.0305. The molecular weight excluding hydrogens is 286 g/mol. The number of amides is 1. The van der Waals surface area contributed by atoms with Crippen LogP contribution in [0.5, 0.6) is 0 Å². The average molecular weight is 301 g/mol. The van der Waals surface area contributed by atoms with Gasteiger partial charge in [-0.1, -0.05) is 6.92 Å². The van der Waals surface area contributed by atoms with E-state index >= 15 is 0 Å². The predicted molar refractivity (Wildman–Crippen MR) is 69.9 cm³/mol. The maximum absolute atomic E-state index is 11.7.